The lowest BCUT2D eigenvalue weighted by Gasteiger charge is -2.21. The summed E-state index contributed by atoms with van der Waals surface area (Å²) >= 11 is 0. The first-order valence-electron chi connectivity index (χ1n) is 8.91. The maximum Gasteiger partial charge on any atom is 0.145 e. The van der Waals surface area contributed by atoms with E-state index in [-0.39, 0.29) is 18.1 Å². The van der Waals surface area contributed by atoms with Crippen molar-refractivity contribution in [3.05, 3.63) is 53.0 Å². The van der Waals surface area contributed by atoms with Gasteiger partial charge in [0, 0.05) is 6.07 Å². The molecule has 0 radical (unpaired) electrons. The van der Waals surface area contributed by atoms with Crippen LogP contribution in [0.5, 0.6) is 11.5 Å². The highest BCUT2D eigenvalue weighted by atomic mass is 16.5. The normalized spacial score (nSPS) is 14.3. The zero-order valence-electron chi connectivity index (χ0n) is 16.3. The van der Waals surface area contributed by atoms with Gasteiger partial charge >= 0.3 is 0 Å². The minimum absolute atomic E-state index is 0.0855. The molecule has 2 heterocycles. The average Bonchev–Trinajstić information content (AvgIpc) is 3.20. The summed E-state index contributed by atoms with van der Waals surface area (Å²) in [6.45, 7) is 4.24. The number of aliphatic hydroxyl groups is 1. The molecule has 28 heavy (non-hydrogen) atoms. The molecule has 0 fully saturated rings. The molecular formula is C21H22N4O3. The Morgan fingerprint density at radius 2 is 1.86 bits per heavy atom. The summed E-state index contributed by atoms with van der Waals surface area (Å²) in [5.41, 5.74) is 5.03. The summed E-state index contributed by atoms with van der Waals surface area (Å²) < 4.78 is 10.7. The van der Waals surface area contributed by atoms with E-state index in [1.807, 2.05) is 26.0 Å². The number of methoxy groups -OCH3 is 2. The summed E-state index contributed by atoms with van der Waals surface area (Å²) in [6, 6.07) is 9.39. The fraction of sp³-hybridized carbons (Fsp3) is 0.238. The number of aromatic amines is 1. The van der Waals surface area contributed by atoms with Crippen LogP contribution in [0.15, 0.2) is 36.1 Å². The predicted molar refractivity (Wildman–Crippen MR) is 110 cm³/mol. The van der Waals surface area contributed by atoms with Crippen molar-refractivity contribution in [1.82, 2.24) is 9.97 Å². The van der Waals surface area contributed by atoms with Crippen LogP contribution in [0.4, 0.5) is 5.69 Å². The van der Waals surface area contributed by atoms with E-state index in [4.69, 9.17) is 14.9 Å². The third-order valence-electron chi connectivity index (χ3n) is 5.11. The summed E-state index contributed by atoms with van der Waals surface area (Å²) in [4.78, 5) is 9.52. The molecule has 0 bridgehead atoms. The first-order valence-corrected chi connectivity index (χ1v) is 8.91. The Balaban J connectivity index is 1.75. The number of aliphatic hydroxyl groups excluding tert-OH is 1. The highest BCUT2D eigenvalue weighted by Gasteiger charge is 2.33. The van der Waals surface area contributed by atoms with E-state index in [2.05, 4.69) is 9.97 Å². The molecule has 0 unspecified atom stereocenters. The van der Waals surface area contributed by atoms with Gasteiger partial charge in [0.2, 0.25) is 0 Å². The zero-order valence-corrected chi connectivity index (χ0v) is 16.3. The minimum atomic E-state index is 0.0855. The molecule has 7 nitrogen and oxygen atoms in total. The van der Waals surface area contributed by atoms with Gasteiger partial charge in [0.05, 0.1) is 43.1 Å². The molecule has 0 aliphatic carbocycles. The molecule has 1 aromatic heterocycles. The Hall–Kier alpha value is -3.48. The Morgan fingerprint density at radius 1 is 1.11 bits per heavy atom. The summed E-state index contributed by atoms with van der Waals surface area (Å²) in [6.07, 6.45) is 0. The Kier molecular flexibility index (Phi) is 4.22. The quantitative estimate of drug-likeness (QED) is 0.639. The van der Waals surface area contributed by atoms with Gasteiger partial charge < -0.3 is 24.5 Å². The number of hydrogen-bond donors (Lipinski definition) is 3. The number of hydrogen-bond acceptors (Lipinski definition) is 5. The number of nitrogens with one attached hydrogen (secondary N) is 2. The Labute approximate surface area is 162 Å². The van der Waals surface area contributed by atoms with Crippen molar-refractivity contribution in [2.75, 3.05) is 25.7 Å². The van der Waals surface area contributed by atoms with Crippen molar-refractivity contribution in [2.24, 2.45) is 0 Å². The lowest BCUT2D eigenvalue weighted by atomic mass is 10.1. The maximum atomic E-state index is 10.6. The Bertz CT molecular complexity index is 1090. The monoisotopic (exact) mass is 378 g/mol. The number of imidazole rings is 1. The van der Waals surface area contributed by atoms with E-state index >= 15 is 0 Å². The molecule has 0 saturated carbocycles. The first-order chi connectivity index (χ1) is 13.4. The van der Waals surface area contributed by atoms with E-state index in [1.54, 1.807) is 37.3 Å². The molecule has 1 aliphatic heterocycles. The Morgan fingerprint density at radius 3 is 2.57 bits per heavy atom. The standard InChI is InChI=1S/C21H22N4O3/c1-11-7-14-15(8-12(11)2)24-21(23-14)19-17(26)10-25(20(19)22)16-9-13(27-3)5-6-18(16)28-4/h5-9,22,26H,10H2,1-4H3,(H,23,24). The van der Waals surface area contributed by atoms with Gasteiger partial charge in [0.1, 0.15) is 28.9 Å². The molecule has 4 rings (SSSR count). The third kappa shape index (κ3) is 2.76. The number of nitrogens with zero attached hydrogens (tertiary/aromatic N) is 2. The van der Waals surface area contributed by atoms with Gasteiger partial charge in [-0.2, -0.15) is 0 Å². The topological polar surface area (TPSA) is 94.5 Å². The molecule has 0 atom stereocenters. The van der Waals surface area contributed by atoms with Crippen molar-refractivity contribution >= 4 is 28.1 Å². The van der Waals surface area contributed by atoms with Crippen LogP contribution in [-0.2, 0) is 0 Å². The van der Waals surface area contributed by atoms with Gasteiger partial charge in [0.15, 0.2) is 0 Å². The number of rotatable bonds is 4. The second-order valence-corrected chi connectivity index (χ2v) is 6.83. The first kappa shape index (κ1) is 17.9. The van der Waals surface area contributed by atoms with Crippen molar-refractivity contribution in [1.29, 1.82) is 5.41 Å². The summed E-state index contributed by atoms with van der Waals surface area (Å²) in [7, 11) is 3.16. The number of amidine groups is 1. The second kappa shape index (κ2) is 6.60. The van der Waals surface area contributed by atoms with Gasteiger partial charge in [-0.05, 0) is 49.2 Å². The van der Waals surface area contributed by atoms with E-state index in [0.29, 0.717) is 28.6 Å². The smallest absolute Gasteiger partial charge is 0.145 e. The van der Waals surface area contributed by atoms with E-state index in [1.165, 1.54) is 0 Å². The lowest BCUT2D eigenvalue weighted by Crippen LogP contribution is -2.26. The molecule has 3 aromatic rings. The number of benzene rings is 2. The van der Waals surface area contributed by atoms with Gasteiger partial charge in [-0.1, -0.05) is 0 Å². The van der Waals surface area contributed by atoms with E-state index < -0.39 is 0 Å². The fourth-order valence-electron chi connectivity index (χ4n) is 3.43. The SMILES string of the molecule is COc1ccc(OC)c(N2CC(O)=C(c3nc4cc(C)c(C)cc4[nH]3)C2=N)c1. The van der Waals surface area contributed by atoms with Crippen molar-refractivity contribution in [2.45, 2.75) is 13.8 Å². The third-order valence-corrected chi connectivity index (χ3v) is 5.11. The predicted octanol–water partition coefficient (Wildman–Crippen LogP) is 3.96. The maximum absolute atomic E-state index is 10.6. The van der Waals surface area contributed by atoms with Crippen LogP contribution in [0.25, 0.3) is 16.6 Å². The zero-order chi connectivity index (χ0) is 20.0. The molecule has 7 heteroatoms. The van der Waals surface area contributed by atoms with Crippen LogP contribution in [0.3, 0.4) is 0 Å². The number of aryl methyl sites for hydroxylation is 2. The number of H-pyrrole nitrogens is 1. The van der Waals surface area contributed by atoms with Crippen LogP contribution in [0.1, 0.15) is 17.0 Å². The number of fused-ring (bicyclic) bond motifs is 1. The highest BCUT2D eigenvalue weighted by Crippen LogP contribution is 2.38. The summed E-state index contributed by atoms with van der Waals surface area (Å²) in [5.74, 6) is 1.95. The van der Waals surface area contributed by atoms with Crippen LogP contribution in [0.2, 0.25) is 0 Å². The number of ether oxygens (including phenoxy) is 2. The van der Waals surface area contributed by atoms with Gasteiger partial charge in [-0.15, -0.1) is 0 Å². The van der Waals surface area contributed by atoms with Crippen LogP contribution < -0.4 is 14.4 Å². The minimum Gasteiger partial charge on any atom is -0.509 e. The van der Waals surface area contributed by atoms with Crippen molar-refractivity contribution in [3.8, 4) is 11.5 Å². The highest BCUT2D eigenvalue weighted by molar-refractivity contribution is 6.30. The second-order valence-electron chi connectivity index (χ2n) is 6.83. The molecule has 3 N–H and O–H groups in total. The van der Waals surface area contributed by atoms with E-state index in [0.717, 1.165) is 22.2 Å². The molecule has 0 spiro atoms. The fourth-order valence-corrected chi connectivity index (χ4v) is 3.43. The summed E-state index contributed by atoms with van der Waals surface area (Å²) in [5, 5.41) is 19.3. The van der Waals surface area contributed by atoms with Crippen molar-refractivity contribution in [3.63, 3.8) is 0 Å². The largest absolute Gasteiger partial charge is 0.509 e. The van der Waals surface area contributed by atoms with Crippen LogP contribution in [0, 0.1) is 19.3 Å². The van der Waals surface area contributed by atoms with E-state index in [9.17, 15) is 5.11 Å². The molecule has 0 saturated heterocycles. The van der Waals surface area contributed by atoms with Gasteiger partial charge in [-0.25, -0.2) is 4.98 Å². The molecule has 1 aliphatic rings. The van der Waals surface area contributed by atoms with Crippen molar-refractivity contribution < 1.29 is 14.6 Å². The van der Waals surface area contributed by atoms with Gasteiger partial charge in [-0.3, -0.25) is 5.41 Å². The molecule has 0 amide bonds. The van der Waals surface area contributed by atoms with Crippen LogP contribution >= 0.6 is 0 Å². The number of anilines is 1. The van der Waals surface area contributed by atoms with Gasteiger partial charge in [0.25, 0.3) is 0 Å². The molecule has 2 aromatic carbocycles. The molecular weight excluding hydrogens is 356 g/mol. The molecule has 144 valence electrons. The average molecular weight is 378 g/mol. The van der Waals surface area contributed by atoms with Crippen LogP contribution in [-0.4, -0.2) is 41.7 Å². The number of aromatic nitrogens is 2. The lowest BCUT2D eigenvalue weighted by molar-refractivity contribution is 0.400.